The third-order valence-corrected chi connectivity index (χ3v) is 6.63. The van der Waals surface area contributed by atoms with E-state index in [1.807, 2.05) is 19.3 Å². The topological polar surface area (TPSA) is 91.0 Å². The van der Waals surface area contributed by atoms with E-state index in [0.717, 1.165) is 42.5 Å². The lowest BCUT2D eigenvalue weighted by Crippen LogP contribution is -2.53. The SMILES string of the molecule is CN(c1ncnc2[nH]ccc12)C1CC(NS(=O)(=O)C2CC2)C1. The van der Waals surface area contributed by atoms with E-state index in [1.54, 1.807) is 6.33 Å². The van der Waals surface area contributed by atoms with Crippen LogP contribution in [0.4, 0.5) is 5.82 Å². The molecule has 2 aromatic rings. The van der Waals surface area contributed by atoms with Crippen LogP contribution in [0.5, 0.6) is 0 Å². The lowest BCUT2D eigenvalue weighted by Gasteiger charge is -2.41. The second-order valence-corrected chi connectivity index (χ2v) is 8.22. The summed E-state index contributed by atoms with van der Waals surface area (Å²) >= 11 is 0. The molecule has 0 radical (unpaired) electrons. The second-order valence-electron chi connectivity index (χ2n) is 6.23. The van der Waals surface area contributed by atoms with Crippen molar-refractivity contribution in [1.29, 1.82) is 0 Å². The van der Waals surface area contributed by atoms with Crippen LogP contribution in [-0.2, 0) is 10.0 Å². The van der Waals surface area contributed by atoms with Crippen LogP contribution in [0.25, 0.3) is 11.0 Å². The molecule has 22 heavy (non-hydrogen) atoms. The molecule has 2 saturated carbocycles. The molecule has 4 rings (SSSR count). The molecule has 0 atom stereocenters. The van der Waals surface area contributed by atoms with Crippen LogP contribution >= 0.6 is 0 Å². The third kappa shape index (κ3) is 2.36. The number of rotatable bonds is 5. The van der Waals surface area contributed by atoms with Crippen molar-refractivity contribution in [3.05, 3.63) is 18.6 Å². The van der Waals surface area contributed by atoms with Gasteiger partial charge in [0.15, 0.2) is 0 Å². The number of H-pyrrole nitrogens is 1. The van der Waals surface area contributed by atoms with Crippen molar-refractivity contribution < 1.29 is 8.42 Å². The normalized spacial score (nSPS) is 25.1. The summed E-state index contributed by atoms with van der Waals surface area (Å²) in [7, 11) is -1.08. The van der Waals surface area contributed by atoms with E-state index >= 15 is 0 Å². The Bertz CT molecular complexity index is 792. The number of sulfonamides is 1. The highest BCUT2D eigenvalue weighted by Gasteiger charge is 2.41. The molecular formula is C14H19N5O2S. The van der Waals surface area contributed by atoms with E-state index in [2.05, 4.69) is 24.6 Å². The summed E-state index contributed by atoms with van der Waals surface area (Å²) in [6, 6.07) is 2.33. The molecule has 0 spiro atoms. The van der Waals surface area contributed by atoms with Crippen LogP contribution in [0.2, 0.25) is 0 Å². The van der Waals surface area contributed by atoms with Crippen LogP contribution in [0.1, 0.15) is 25.7 Å². The number of anilines is 1. The van der Waals surface area contributed by atoms with Crippen molar-refractivity contribution in [1.82, 2.24) is 19.7 Å². The summed E-state index contributed by atoms with van der Waals surface area (Å²) in [5, 5.41) is 0.845. The Hall–Kier alpha value is -1.67. The van der Waals surface area contributed by atoms with Crippen molar-refractivity contribution in [3.8, 4) is 0 Å². The highest BCUT2D eigenvalue weighted by atomic mass is 32.2. The number of aromatic amines is 1. The Morgan fingerprint density at radius 3 is 2.82 bits per heavy atom. The average molecular weight is 321 g/mol. The van der Waals surface area contributed by atoms with E-state index < -0.39 is 10.0 Å². The highest BCUT2D eigenvalue weighted by molar-refractivity contribution is 7.90. The van der Waals surface area contributed by atoms with Gasteiger partial charge in [-0.2, -0.15) is 0 Å². The molecule has 0 bridgehead atoms. The Kier molecular flexibility index (Phi) is 3.12. The van der Waals surface area contributed by atoms with Gasteiger partial charge in [0.25, 0.3) is 0 Å². The number of hydrogen-bond acceptors (Lipinski definition) is 5. The van der Waals surface area contributed by atoms with Gasteiger partial charge in [0.1, 0.15) is 17.8 Å². The number of nitrogens with one attached hydrogen (secondary N) is 2. The maximum atomic E-state index is 11.9. The van der Waals surface area contributed by atoms with E-state index in [0.29, 0.717) is 6.04 Å². The fraction of sp³-hybridized carbons (Fsp3) is 0.571. The standard InChI is InChI=1S/C14H19N5O2S/c1-19(14-12-4-5-15-13(12)16-8-17-14)10-6-9(7-10)18-22(20,21)11-2-3-11/h4-5,8-11,18H,2-3,6-7H2,1H3,(H,15,16,17). The average Bonchev–Trinajstić information content (AvgIpc) is 3.20. The lowest BCUT2D eigenvalue weighted by molar-refractivity contribution is 0.316. The van der Waals surface area contributed by atoms with E-state index in [9.17, 15) is 8.42 Å². The smallest absolute Gasteiger partial charge is 0.214 e. The zero-order valence-electron chi connectivity index (χ0n) is 12.4. The van der Waals surface area contributed by atoms with Crippen LogP contribution in [0.15, 0.2) is 18.6 Å². The summed E-state index contributed by atoms with van der Waals surface area (Å²) in [6.07, 6.45) is 6.65. The van der Waals surface area contributed by atoms with Gasteiger partial charge in [0.05, 0.1) is 10.6 Å². The molecule has 2 N–H and O–H groups in total. The minimum atomic E-state index is -3.09. The Labute approximate surface area is 129 Å². The Morgan fingerprint density at radius 2 is 2.09 bits per heavy atom. The maximum absolute atomic E-state index is 11.9. The Morgan fingerprint density at radius 1 is 1.32 bits per heavy atom. The highest BCUT2D eigenvalue weighted by Crippen LogP contribution is 2.33. The molecule has 0 aliphatic heterocycles. The molecule has 0 unspecified atom stereocenters. The zero-order valence-corrected chi connectivity index (χ0v) is 13.2. The summed E-state index contributed by atoms with van der Waals surface area (Å²) in [5.41, 5.74) is 0.821. The number of fused-ring (bicyclic) bond motifs is 1. The van der Waals surface area contributed by atoms with Crippen molar-refractivity contribution in [2.24, 2.45) is 0 Å². The minimum Gasteiger partial charge on any atom is -0.356 e. The first kappa shape index (κ1) is 14.0. The molecule has 7 nitrogen and oxygen atoms in total. The maximum Gasteiger partial charge on any atom is 0.214 e. The van der Waals surface area contributed by atoms with Gasteiger partial charge < -0.3 is 9.88 Å². The molecule has 0 saturated heterocycles. The largest absolute Gasteiger partial charge is 0.356 e. The number of hydrogen-bond donors (Lipinski definition) is 2. The summed E-state index contributed by atoms with van der Waals surface area (Å²) in [4.78, 5) is 13.8. The van der Waals surface area contributed by atoms with Crippen LogP contribution in [-0.4, -0.2) is 47.8 Å². The van der Waals surface area contributed by atoms with Gasteiger partial charge in [-0.3, -0.25) is 0 Å². The van der Waals surface area contributed by atoms with Gasteiger partial charge in [-0.15, -0.1) is 0 Å². The van der Waals surface area contributed by atoms with Gasteiger partial charge in [-0.25, -0.2) is 23.1 Å². The third-order valence-electron chi connectivity index (χ3n) is 4.62. The predicted octanol–water partition coefficient (Wildman–Crippen LogP) is 1.01. The molecule has 2 aliphatic rings. The van der Waals surface area contributed by atoms with Crippen LogP contribution in [0, 0.1) is 0 Å². The summed E-state index contributed by atoms with van der Waals surface area (Å²) in [5.74, 6) is 0.889. The van der Waals surface area contributed by atoms with Crippen molar-refractivity contribution in [2.75, 3.05) is 11.9 Å². The first-order valence-electron chi connectivity index (χ1n) is 7.56. The molecule has 0 aromatic carbocycles. The van der Waals surface area contributed by atoms with Gasteiger partial charge in [0.2, 0.25) is 10.0 Å². The number of nitrogens with zero attached hydrogens (tertiary/aromatic N) is 3. The molecule has 0 amide bonds. The molecule has 2 aromatic heterocycles. The van der Waals surface area contributed by atoms with Crippen LogP contribution in [0.3, 0.4) is 0 Å². The molecule has 2 fully saturated rings. The van der Waals surface area contributed by atoms with Crippen molar-refractivity contribution in [2.45, 2.75) is 43.0 Å². The van der Waals surface area contributed by atoms with Crippen molar-refractivity contribution >= 4 is 26.9 Å². The molecule has 2 aliphatic carbocycles. The fourth-order valence-corrected chi connectivity index (χ4v) is 4.63. The molecule has 8 heteroatoms. The number of aromatic nitrogens is 3. The lowest BCUT2D eigenvalue weighted by atomic mass is 9.86. The second kappa shape index (κ2) is 4.92. The molecular weight excluding hydrogens is 302 g/mol. The van der Waals surface area contributed by atoms with E-state index in [-0.39, 0.29) is 11.3 Å². The molecule has 2 heterocycles. The van der Waals surface area contributed by atoms with Gasteiger partial charge in [0, 0.05) is 25.3 Å². The monoisotopic (exact) mass is 321 g/mol. The summed E-state index contributed by atoms with van der Waals surface area (Å²) < 4.78 is 26.7. The quantitative estimate of drug-likeness (QED) is 0.857. The first-order valence-corrected chi connectivity index (χ1v) is 9.11. The van der Waals surface area contributed by atoms with Crippen molar-refractivity contribution in [3.63, 3.8) is 0 Å². The first-order chi connectivity index (χ1) is 10.5. The van der Waals surface area contributed by atoms with Gasteiger partial charge >= 0.3 is 0 Å². The van der Waals surface area contributed by atoms with Crippen LogP contribution < -0.4 is 9.62 Å². The zero-order chi connectivity index (χ0) is 15.3. The van der Waals surface area contributed by atoms with E-state index in [1.165, 1.54) is 0 Å². The summed E-state index contributed by atoms with van der Waals surface area (Å²) in [6.45, 7) is 0. The Balaban J connectivity index is 1.43. The fourth-order valence-electron chi connectivity index (χ4n) is 3.02. The van der Waals surface area contributed by atoms with Gasteiger partial charge in [-0.05, 0) is 31.7 Å². The minimum absolute atomic E-state index is 0.0570. The predicted molar refractivity (Wildman–Crippen MR) is 84.2 cm³/mol. The van der Waals surface area contributed by atoms with E-state index in [4.69, 9.17) is 0 Å². The molecule has 118 valence electrons. The van der Waals surface area contributed by atoms with Gasteiger partial charge in [-0.1, -0.05) is 0 Å².